The number of hydrogen-bond donors (Lipinski definition) is 9. The van der Waals surface area contributed by atoms with Crippen LogP contribution in [0.4, 0.5) is 0 Å². The predicted octanol–water partition coefficient (Wildman–Crippen LogP) is -5.33. The first-order chi connectivity index (χ1) is 14.3. The van der Waals surface area contributed by atoms with Gasteiger partial charge in [0.25, 0.3) is 0 Å². The number of carbonyl (C=O) groups excluding carboxylic acids is 4. The van der Waals surface area contributed by atoms with E-state index in [0.29, 0.717) is 0 Å². The van der Waals surface area contributed by atoms with Gasteiger partial charge in [0.15, 0.2) is 0 Å². The van der Waals surface area contributed by atoms with E-state index >= 15 is 0 Å². The molecule has 0 aliphatic rings. The summed E-state index contributed by atoms with van der Waals surface area (Å²) in [7, 11) is 0. The maximum absolute atomic E-state index is 12.2. The predicted molar refractivity (Wildman–Crippen MR) is 96.8 cm³/mol. The molecule has 16 nitrogen and oxygen atoms in total. The third kappa shape index (κ3) is 10.5. The molecule has 0 rings (SSSR count). The summed E-state index contributed by atoms with van der Waals surface area (Å²) in [6.45, 7) is -1.03. The van der Waals surface area contributed by atoms with Crippen molar-refractivity contribution in [1.82, 2.24) is 16.0 Å². The summed E-state index contributed by atoms with van der Waals surface area (Å²) in [5.41, 5.74) is 10.2. The Morgan fingerprint density at radius 3 is 1.55 bits per heavy atom. The van der Waals surface area contributed by atoms with Crippen LogP contribution in [0.25, 0.3) is 0 Å². The molecule has 0 heterocycles. The van der Waals surface area contributed by atoms with E-state index in [2.05, 4.69) is 0 Å². The fourth-order valence-electron chi connectivity index (χ4n) is 2.08. The maximum Gasteiger partial charge on any atom is 0.326 e. The SMILES string of the molecule is NC(=O)CC(NC(=O)C(CC(=O)O)NC(=O)C(CO)NC(=O)C(N)CC(=O)O)C(=O)O. The Kier molecular flexibility index (Phi) is 11.2. The third-order valence-electron chi connectivity index (χ3n) is 3.58. The molecule has 0 radical (unpaired) electrons. The molecule has 0 saturated heterocycles. The Bertz CT molecular complexity index is 741. The van der Waals surface area contributed by atoms with Gasteiger partial charge in [-0.25, -0.2) is 4.79 Å². The highest BCUT2D eigenvalue weighted by atomic mass is 16.4. The van der Waals surface area contributed by atoms with E-state index in [-0.39, 0.29) is 0 Å². The van der Waals surface area contributed by atoms with E-state index in [1.165, 1.54) is 0 Å². The van der Waals surface area contributed by atoms with E-state index < -0.39 is 91.6 Å². The number of amides is 4. The van der Waals surface area contributed by atoms with Gasteiger partial charge < -0.3 is 47.8 Å². The lowest BCUT2D eigenvalue weighted by atomic mass is 10.1. The number of aliphatic carboxylic acids is 3. The molecular weight excluding hydrogens is 426 g/mol. The Hall–Kier alpha value is -3.79. The highest BCUT2D eigenvalue weighted by Gasteiger charge is 2.32. The maximum atomic E-state index is 12.2. The van der Waals surface area contributed by atoms with Crippen molar-refractivity contribution in [3.05, 3.63) is 0 Å². The van der Waals surface area contributed by atoms with E-state index in [0.717, 1.165) is 0 Å². The van der Waals surface area contributed by atoms with E-state index in [1.807, 2.05) is 16.0 Å². The monoisotopic (exact) mass is 449 g/mol. The van der Waals surface area contributed by atoms with Gasteiger partial charge in [-0.05, 0) is 0 Å². The number of rotatable bonds is 14. The van der Waals surface area contributed by atoms with E-state index in [4.69, 9.17) is 26.8 Å². The average molecular weight is 449 g/mol. The molecule has 0 aliphatic carbocycles. The molecule has 0 aliphatic heterocycles. The number of carboxylic acids is 3. The lowest BCUT2D eigenvalue weighted by Gasteiger charge is -2.23. The van der Waals surface area contributed by atoms with E-state index in [1.54, 1.807) is 0 Å². The minimum absolute atomic E-state index is 0.786. The molecule has 4 unspecified atom stereocenters. The molecule has 4 atom stereocenters. The summed E-state index contributed by atoms with van der Waals surface area (Å²) < 4.78 is 0. The van der Waals surface area contributed by atoms with Crippen LogP contribution >= 0.6 is 0 Å². The number of aliphatic hydroxyl groups excluding tert-OH is 1. The number of nitrogens with one attached hydrogen (secondary N) is 3. The molecule has 0 spiro atoms. The van der Waals surface area contributed by atoms with Crippen molar-refractivity contribution in [2.75, 3.05) is 6.61 Å². The minimum Gasteiger partial charge on any atom is -0.481 e. The number of carboxylic acid groups (broad SMARTS) is 3. The topological polar surface area (TPSA) is 289 Å². The molecule has 0 aromatic carbocycles. The van der Waals surface area contributed by atoms with Crippen LogP contribution in [0, 0.1) is 0 Å². The molecule has 4 amide bonds. The largest absolute Gasteiger partial charge is 0.481 e. The summed E-state index contributed by atoms with van der Waals surface area (Å²) in [4.78, 5) is 79.8. The van der Waals surface area contributed by atoms with Crippen molar-refractivity contribution >= 4 is 41.5 Å². The minimum atomic E-state index is -1.86. The summed E-state index contributed by atoms with van der Waals surface area (Å²) in [6, 6.07) is -6.97. The van der Waals surface area contributed by atoms with Crippen LogP contribution in [-0.2, 0) is 33.6 Å². The van der Waals surface area contributed by atoms with Gasteiger partial charge in [0.1, 0.15) is 18.1 Å². The first kappa shape index (κ1) is 27.2. The van der Waals surface area contributed by atoms with Gasteiger partial charge in [0.05, 0.1) is 31.9 Å². The first-order valence-corrected chi connectivity index (χ1v) is 8.50. The summed E-state index contributed by atoms with van der Waals surface area (Å²) in [6.07, 6.45) is -2.62. The van der Waals surface area contributed by atoms with Crippen LogP contribution in [0.15, 0.2) is 0 Å². The number of hydrogen-bond acceptors (Lipinski definition) is 9. The number of primary amides is 1. The molecule has 16 heteroatoms. The van der Waals surface area contributed by atoms with Crippen LogP contribution < -0.4 is 27.4 Å². The fraction of sp³-hybridized carbons (Fsp3) is 0.533. The van der Waals surface area contributed by atoms with Gasteiger partial charge in [-0.2, -0.15) is 0 Å². The van der Waals surface area contributed by atoms with Crippen molar-refractivity contribution in [2.45, 2.75) is 43.4 Å². The number of nitrogens with two attached hydrogens (primary N) is 2. The fourth-order valence-corrected chi connectivity index (χ4v) is 2.08. The third-order valence-corrected chi connectivity index (χ3v) is 3.58. The Balaban J connectivity index is 5.32. The lowest BCUT2D eigenvalue weighted by molar-refractivity contribution is -0.145. The first-order valence-electron chi connectivity index (χ1n) is 8.50. The van der Waals surface area contributed by atoms with Crippen molar-refractivity contribution in [3.8, 4) is 0 Å². The Morgan fingerprint density at radius 2 is 1.13 bits per heavy atom. The summed E-state index contributed by atoms with van der Waals surface area (Å²) in [5.74, 6) is -9.38. The molecule has 0 aromatic rings. The standard InChI is InChI=1S/C15H23N5O11/c16-5(1-10(23)24)12(27)20-8(4-21)14(29)18-6(3-11(25)26)13(28)19-7(15(30)31)2-9(17)22/h5-8,21H,1-4,16H2,(H2,17,22)(H,18,29)(H,19,28)(H,20,27)(H,23,24)(H,25,26)(H,30,31). The molecule has 0 bridgehead atoms. The zero-order valence-electron chi connectivity index (χ0n) is 15.9. The van der Waals surface area contributed by atoms with Gasteiger partial charge in [-0.15, -0.1) is 0 Å². The van der Waals surface area contributed by atoms with Crippen LogP contribution in [0.1, 0.15) is 19.3 Å². The molecule has 31 heavy (non-hydrogen) atoms. The van der Waals surface area contributed by atoms with Crippen molar-refractivity contribution in [1.29, 1.82) is 0 Å². The molecule has 11 N–H and O–H groups in total. The zero-order chi connectivity index (χ0) is 24.3. The van der Waals surface area contributed by atoms with Crippen molar-refractivity contribution < 1.29 is 54.0 Å². The van der Waals surface area contributed by atoms with Gasteiger partial charge in [0, 0.05) is 0 Å². The quantitative estimate of drug-likeness (QED) is 0.120. The van der Waals surface area contributed by atoms with Crippen molar-refractivity contribution in [3.63, 3.8) is 0 Å². The second kappa shape index (κ2) is 12.7. The van der Waals surface area contributed by atoms with Crippen molar-refractivity contribution in [2.24, 2.45) is 11.5 Å². The van der Waals surface area contributed by atoms with Crippen LogP contribution in [0.5, 0.6) is 0 Å². The number of aliphatic hydroxyl groups is 1. The highest BCUT2D eigenvalue weighted by Crippen LogP contribution is 2.00. The highest BCUT2D eigenvalue weighted by molar-refractivity contribution is 5.96. The van der Waals surface area contributed by atoms with Gasteiger partial charge in [-0.1, -0.05) is 0 Å². The van der Waals surface area contributed by atoms with Gasteiger partial charge in [0.2, 0.25) is 23.6 Å². The normalized spacial score (nSPS) is 14.3. The lowest BCUT2D eigenvalue weighted by Crippen LogP contribution is -2.58. The molecular formula is C15H23N5O11. The summed E-state index contributed by atoms with van der Waals surface area (Å²) in [5, 5.41) is 41.5. The Morgan fingerprint density at radius 1 is 0.677 bits per heavy atom. The van der Waals surface area contributed by atoms with Crippen LogP contribution in [0.3, 0.4) is 0 Å². The Labute approximate surface area is 173 Å². The second-order valence-corrected chi connectivity index (χ2v) is 6.18. The molecule has 0 fully saturated rings. The molecule has 0 aromatic heterocycles. The second-order valence-electron chi connectivity index (χ2n) is 6.18. The van der Waals surface area contributed by atoms with Gasteiger partial charge >= 0.3 is 17.9 Å². The zero-order valence-corrected chi connectivity index (χ0v) is 15.9. The van der Waals surface area contributed by atoms with E-state index in [9.17, 15) is 38.7 Å². The van der Waals surface area contributed by atoms with Crippen LogP contribution in [-0.4, -0.2) is 92.7 Å². The summed E-state index contributed by atoms with van der Waals surface area (Å²) >= 11 is 0. The van der Waals surface area contributed by atoms with Gasteiger partial charge in [-0.3, -0.25) is 28.8 Å². The average Bonchev–Trinajstić information content (AvgIpc) is 2.62. The van der Waals surface area contributed by atoms with Crippen LogP contribution in [0.2, 0.25) is 0 Å². The smallest absolute Gasteiger partial charge is 0.326 e. The molecule has 0 saturated carbocycles. The number of carbonyl (C=O) groups is 7. The molecule has 174 valence electrons.